The van der Waals surface area contributed by atoms with Crippen LogP contribution in [0.1, 0.15) is 18.1 Å². The van der Waals surface area contributed by atoms with Gasteiger partial charge in [0, 0.05) is 10.2 Å². The molecule has 7 heteroatoms. The Morgan fingerprint density at radius 2 is 1.72 bits per heavy atom. The van der Waals surface area contributed by atoms with E-state index in [1.54, 1.807) is 24.3 Å². The minimum atomic E-state index is -0.495. The summed E-state index contributed by atoms with van der Waals surface area (Å²) in [6.45, 7) is 2.68. The van der Waals surface area contributed by atoms with Crippen LogP contribution >= 0.6 is 31.9 Å². The molecule has 0 atom stereocenters. The molecule has 0 aliphatic carbocycles. The Hall–Kier alpha value is -3.60. The molecule has 36 heavy (non-hydrogen) atoms. The SMILES string of the molecule is CCOc1cc(/C=C(\C#N)C(=O)Nc2ccc(Br)cc2)cc(Br)c1OCc1ccc2ccccc2c1. The van der Waals surface area contributed by atoms with E-state index >= 15 is 0 Å². The van der Waals surface area contributed by atoms with Crippen LogP contribution in [0.15, 0.2) is 93.4 Å². The molecular weight excluding hydrogens is 584 g/mol. The first kappa shape index (κ1) is 25.5. The molecule has 0 unspecified atom stereocenters. The molecule has 4 rings (SSSR count). The molecule has 0 heterocycles. The van der Waals surface area contributed by atoms with Crippen LogP contribution in [0.3, 0.4) is 0 Å². The molecular formula is C29H22Br2N2O3. The van der Waals surface area contributed by atoms with Gasteiger partial charge in [0.05, 0.1) is 11.1 Å². The van der Waals surface area contributed by atoms with Crippen LogP contribution < -0.4 is 14.8 Å². The van der Waals surface area contributed by atoms with Crippen molar-refractivity contribution >= 4 is 60.3 Å². The number of ether oxygens (including phenoxy) is 2. The standard InChI is InChI=1S/C29H22Br2N2O3/c1-2-35-27-16-20(14-23(17-32)29(34)33-25-11-9-24(30)10-12-25)15-26(31)28(27)36-18-19-7-8-21-5-3-4-6-22(21)13-19/h3-16H,2,18H2,1H3,(H,33,34)/b23-14+. The van der Waals surface area contributed by atoms with E-state index in [0.717, 1.165) is 15.4 Å². The Kier molecular flexibility index (Phi) is 8.42. The first-order chi connectivity index (χ1) is 17.5. The summed E-state index contributed by atoms with van der Waals surface area (Å²) in [5, 5.41) is 14.7. The predicted molar refractivity (Wildman–Crippen MR) is 150 cm³/mol. The van der Waals surface area contributed by atoms with Gasteiger partial charge in [-0.3, -0.25) is 4.79 Å². The van der Waals surface area contributed by atoms with Gasteiger partial charge in [-0.05, 0) is 93.3 Å². The number of fused-ring (bicyclic) bond motifs is 1. The molecule has 0 saturated carbocycles. The summed E-state index contributed by atoms with van der Waals surface area (Å²) >= 11 is 6.93. The molecule has 0 bridgehead atoms. The number of rotatable bonds is 8. The minimum absolute atomic E-state index is 0.0305. The maximum Gasteiger partial charge on any atom is 0.266 e. The van der Waals surface area contributed by atoms with Crippen LogP contribution in [0.2, 0.25) is 0 Å². The van der Waals surface area contributed by atoms with Gasteiger partial charge in [0.15, 0.2) is 11.5 Å². The van der Waals surface area contributed by atoms with E-state index in [-0.39, 0.29) is 5.57 Å². The fraction of sp³-hybridized carbons (Fsp3) is 0.103. The second-order valence-electron chi connectivity index (χ2n) is 7.86. The predicted octanol–water partition coefficient (Wildman–Crippen LogP) is 7.89. The Morgan fingerprint density at radius 3 is 2.44 bits per heavy atom. The van der Waals surface area contributed by atoms with E-state index in [0.29, 0.717) is 40.4 Å². The van der Waals surface area contributed by atoms with Gasteiger partial charge in [-0.2, -0.15) is 5.26 Å². The molecule has 0 aliphatic rings. The third-order valence-electron chi connectivity index (χ3n) is 5.31. The summed E-state index contributed by atoms with van der Waals surface area (Å²) in [6, 6.07) is 27.0. The fourth-order valence-electron chi connectivity index (χ4n) is 3.61. The summed E-state index contributed by atoms with van der Waals surface area (Å²) in [6.07, 6.45) is 1.52. The van der Waals surface area contributed by atoms with Crippen molar-refractivity contribution in [2.75, 3.05) is 11.9 Å². The number of carbonyl (C=O) groups is 1. The van der Waals surface area contributed by atoms with Crippen molar-refractivity contribution in [1.82, 2.24) is 0 Å². The first-order valence-corrected chi connectivity index (χ1v) is 12.8. The minimum Gasteiger partial charge on any atom is -0.490 e. The number of nitrogens with one attached hydrogen (secondary N) is 1. The fourth-order valence-corrected chi connectivity index (χ4v) is 4.44. The lowest BCUT2D eigenvalue weighted by atomic mass is 10.1. The second kappa shape index (κ2) is 11.9. The van der Waals surface area contributed by atoms with E-state index < -0.39 is 5.91 Å². The van der Waals surface area contributed by atoms with Crippen LogP contribution in [0, 0.1) is 11.3 Å². The van der Waals surface area contributed by atoms with Gasteiger partial charge in [0.25, 0.3) is 5.91 Å². The van der Waals surface area contributed by atoms with E-state index in [9.17, 15) is 10.1 Å². The van der Waals surface area contributed by atoms with Crippen LogP contribution in [0.4, 0.5) is 5.69 Å². The van der Waals surface area contributed by atoms with Crippen molar-refractivity contribution in [3.8, 4) is 17.6 Å². The van der Waals surface area contributed by atoms with Crippen molar-refractivity contribution in [2.24, 2.45) is 0 Å². The summed E-state index contributed by atoms with van der Waals surface area (Å²) in [5.41, 5.74) is 2.23. The molecule has 0 saturated heterocycles. The molecule has 0 radical (unpaired) electrons. The van der Waals surface area contributed by atoms with E-state index in [1.807, 2.05) is 43.3 Å². The maximum absolute atomic E-state index is 12.7. The highest BCUT2D eigenvalue weighted by atomic mass is 79.9. The van der Waals surface area contributed by atoms with Crippen molar-refractivity contribution in [2.45, 2.75) is 13.5 Å². The molecule has 180 valence electrons. The number of carbonyl (C=O) groups excluding carboxylic acids is 1. The zero-order chi connectivity index (χ0) is 25.5. The molecule has 0 spiro atoms. The average molecular weight is 606 g/mol. The number of amides is 1. The highest BCUT2D eigenvalue weighted by Gasteiger charge is 2.15. The largest absolute Gasteiger partial charge is 0.490 e. The molecule has 5 nitrogen and oxygen atoms in total. The van der Waals surface area contributed by atoms with E-state index in [2.05, 4.69) is 61.4 Å². The number of anilines is 1. The number of nitriles is 1. The number of halogens is 2. The highest BCUT2D eigenvalue weighted by Crippen LogP contribution is 2.38. The zero-order valence-corrected chi connectivity index (χ0v) is 22.6. The Bertz CT molecular complexity index is 1470. The van der Waals surface area contributed by atoms with Gasteiger partial charge >= 0.3 is 0 Å². The third-order valence-corrected chi connectivity index (χ3v) is 6.42. The summed E-state index contributed by atoms with van der Waals surface area (Å²) in [4.78, 5) is 12.7. The zero-order valence-electron chi connectivity index (χ0n) is 19.4. The molecule has 4 aromatic rings. The second-order valence-corrected chi connectivity index (χ2v) is 9.63. The van der Waals surface area contributed by atoms with Gasteiger partial charge in [0.1, 0.15) is 18.2 Å². The molecule has 0 aromatic heterocycles. The average Bonchev–Trinajstić information content (AvgIpc) is 2.88. The lowest BCUT2D eigenvalue weighted by Crippen LogP contribution is -2.13. The first-order valence-electron chi connectivity index (χ1n) is 11.2. The molecule has 1 N–H and O–H groups in total. The Labute approximate surface area is 226 Å². The summed E-state index contributed by atoms with van der Waals surface area (Å²) < 4.78 is 13.5. The van der Waals surface area contributed by atoms with Crippen LogP contribution in [-0.2, 0) is 11.4 Å². The normalized spacial score (nSPS) is 11.1. The molecule has 1 amide bonds. The molecule has 0 fully saturated rings. The van der Waals surface area contributed by atoms with E-state index in [4.69, 9.17) is 9.47 Å². The third kappa shape index (κ3) is 6.34. The van der Waals surface area contributed by atoms with Gasteiger partial charge in [-0.1, -0.05) is 52.3 Å². The summed E-state index contributed by atoms with van der Waals surface area (Å²) in [7, 11) is 0. The van der Waals surface area contributed by atoms with Crippen LogP contribution in [0.25, 0.3) is 16.8 Å². The number of hydrogen-bond donors (Lipinski definition) is 1. The van der Waals surface area contributed by atoms with Gasteiger partial charge in [-0.25, -0.2) is 0 Å². The highest BCUT2D eigenvalue weighted by molar-refractivity contribution is 9.10. The molecule has 0 aliphatic heterocycles. The van der Waals surface area contributed by atoms with Crippen molar-refractivity contribution < 1.29 is 14.3 Å². The monoisotopic (exact) mass is 604 g/mol. The Balaban J connectivity index is 1.56. The molecule has 4 aromatic carbocycles. The van der Waals surface area contributed by atoms with Crippen molar-refractivity contribution in [3.63, 3.8) is 0 Å². The van der Waals surface area contributed by atoms with Gasteiger partial charge in [0.2, 0.25) is 0 Å². The van der Waals surface area contributed by atoms with Gasteiger partial charge in [-0.15, -0.1) is 0 Å². The topological polar surface area (TPSA) is 71.3 Å². The van der Waals surface area contributed by atoms with Crippen molar-refractivity contribution in [3.05, 3.63) is 105 Å². The smallest absolute Gasteiger partial charge is 0.266 e. The number of hydrogen-bond acceptors (Lipinski definition) is 4. The number of nitrogens with zero attached hydrogens (tertiary/aromatic N) is 1. The van der Waals surface area contributed by atoms with Crippen LogP contribution in [0.5, 0.6) is 11.5 Å². The van der Waals surface area contributed by atoms with Gasteiger partial charge < -0.3 is 14.8 Å². The lowest BCUT2D eigenvalue weighted by Gasteiger charge is -2.15. The number of benzene rings is 4. The summed E-state index contributed by atoms with van der Waals surface area (Å²) in [5.74, 6) is 0.579. The quantitative estimate of drug-likeness (QED) is 0.164. The maximum atomic E-state index is 12.7. The van der Waals surface area contributed by atoms with E-state index in [1.165, 1.54) is 11.5 Å². The lowest BCUT2D eigenvalue weighted by molar-refractivity contribution is -0.112. The van der Waals surface area contributed by atoms with Crippen LogP contribution in [-0.4, -0.2) is 12.5 Å². The Morgan fingerprint density at radius 1 is 0.972 bits per heavy atom. The van der Waals surface area contributed by atoms with Crippen molar-refractivity contribution in [1.29, 1.82) is 5.26 Å².